The number of carbonyl (C=O) groups is 1. The zero-order valence-electron chi connectivity index (χ0n) is 18.7. The Morgan fingerprint density at radius 2 is 2.03 bits per heavy atom. The third kappa shape index (κ3) is 4.29. The number of aromatic amines is 1. The number of aromatic nitrogens is 2. The quantitative estimate of drug-likeness (QED) is 0.484. The number of nitrogens with zero attached hydrogens (tertiary/aromatic N) is 1. The van der Waals surface area contributed by atoms with Crippen molar-refractivity contribution in [3.8, 4) is 5.88 Å². The maximum absolute atomic E-state index is 13.3. The highest BCUT2D eigenvalue weighted by Crippen LogP contribution is 2.35. The Hall–Kier alpha value is -2.72. The summed E-state index contributed by atoms with van der Waals surface area (Å²) in [5.74, 6) is -0.682. The van der Waals surface area contributed by atoms with E-state index in [9.17, 15) is 21.6 Å². The lowest BCUT2D eigenvalue weighted by molar-refractivity contribution is 0.103. The van der Waals surface area contributed by atoms with E-state index in [0.717, 1.165) is 6.42 Å². The molecular weight excluding hydrogens is 464 g/mol. The van der Waals surface area contributed by atoms with Crippen LogP contribution < -0.4 is 4.18 Å². The number of carbonyl (C=O) groups excluding carboxylic acids is 1. The molecular formula is C23H26N2O6S2. The van der Waals surface area contributed by atoms with E-state index in [1.807, 2.05) is 19.9 Å². The number of nitrogens with one attached hydrogen (secondary N) is 1. The van der Waals surface area contributed by atoms with Gasteiger partial charge in [-0.15, -0.1) is 0 Å². The molecule has 0 saturated carbocycles. The Balaban J connectivity index is 1.64. The van der Waals surface area contributed by atoms with Gasteiger partial charge in [-0.1, -0.05) is 26.0 Å². The minimum Gasteiger partial charge on any atom is -0.358 e. The van der Waals surface area contributed by atoms with E-state index < -0.39 is 25.7 Å². The zero-order valence-corrected chi connectivity index (χ0v) is 20.3. The van der Waals surface area contributed by atoms with E-state index in [2.05, 4.69) is 10.2 Å². The summed E-state index contributed by atoms with van der Waals surface area (Å²) < 4.78 is 55.6. The molecule has 1 unspecified atom stereocenters. The van der Waals surface area contributed by atoms with Crippen LogP contribution in [0.5, 0.6) is 5.88 Å². The van der Waals surface area contributed by atoms with E-state index >= 15 is 0 Å². The molecule has 0 fully saturated rings. The number of hydrogen-bond donors (Lipinski definition) is 1. The van der Waals surface area contributed by atoms with Crippen LogP contribution >= 0.6 is 0 Å². The first kappa shape index (κ1) is 23.4. The average molecular weight is 491 g/mol. The molecule has 1 atom stereocenters. The third-order valence-corrected chi connectivity index (χ3v) is 9.68. The topological polar surface area (TPSA) is 123 Å². The molecule has 176 valence electrons. The number of hydrogen-bond acceptors (Lipinski definition) is 7. The van der Waals surface area contributed by atoms with Crippen LogP contribution in [-0.4, -0.2) is 38.6 Å². The number of allylic oxidation sites excluding steroid dienone is 3. The monoisotopic (exact) mass is 490 g/mol. The first-order valence-corrected chi connectivity index (χ1v) is 13.8. The van der Waals surface area contributed by atoms with E-state index in [4.69, 9.17) is 4.18 Å². The predicted molar refractivity (Wildman–Crippen MR) is 123 cm³/mol. The van der Waals surface area contributed by atoms with Crippen LogP contribution in [0.3, 0.4) is 0 Å². The Bertz CT molecular complexity index is 1400. The Morgan fingerprint density at radius 3 is 2.70 bits per heavy atom. The van der Waals surface area contributed by atoms with Gasteiger partial charge in [0.25, 0.3) is 0 Å². The third-order valence-electron chi connectivity index (χ3n) is 6.53. The van der Waals surface area contributed by atoms with Crippen LogP contribution in [-0.2, 0) is 26.4 Å². The molecule has 0 bridgehead atoms. The van der Waals surface area contributed by atoms with Crippen molar-refractivity contribution < 1.29 is 25.8 Å². The molecule has 1 aromatic carbocycles. The molecule has 0 spiro atoms. The SMILES string of the molecule is CCC1(C)C=CC(S(=O)(=O)Oc2[nH]ncc2C(=O)c2ccc3c(c2C)CCCS3(=O)=O)=CC1. The summed E-state index contributed by atoms with van der Waals surface area (Å²) >= 11 is 0. The first-order valence-electron chi connectivity index (χ1n) is 10.7. The lowest BCUT2D eigenvalue weighted by Crippen LogP contribution is -2.20. The number of H-pyrrole nitrogens is 1. The van der Waals surface area contributed by atoms with Gasteiger partial charge in [0.1, 0.15) is 10.5 Å². The molecule has 0 saturated heterocycles. The van der Waals surface area contributed by atoms with Crippen LogP contribution in [0.25, 0.3) is 0 Å². The maximum atomic E-state index is 13.3. The molecule has 2 aromatic rings. The fourth-order valence-electron chi connectivity index (χ4n) is 4.13. The van der Waals surface area contributed by atoms with E-state index in [1.165, 1.54) is 24.4 Å². The predicted octanol–water partition coefficient (Wildman–Crippen LogP) is 3.64. The number of sulfone groups is 1. The molecule has 10 heteroatoms. The fourth-order valence-corrected chi connectivity index (χ4v) is 6.75. The minimum atomic E-state index is -4.17. The molecule has 1 aliphatic carbocycles. The zero-order chi connectivity index (χ0) is 24.0. The second-order valence-corrected chi connectivity index (χ2v) is 12.4. The van der Waals surface area contributed by atoms with Gasteiger partial charge in [0.15, 0.2) is 15.6 Å². The van der Waals surface area contributed by atoms with Gasteiger partial charge in [-0.2, -0.15) is 13.5 Å². The molecule has 33 heavy (non-hydrogen) atoms. The lowest BCUT2D eigenvalue weighted by atomic mass is 9.81. The number of rotatable bonds is 6. The highest BCUT2D eigenvalue weighted by molar-refractivity contribution is 7.91. The van der Waals surface area contributed by atoms with Gasteiger partial charge in [0, 0.05) is 5.56 Å². The average Bonchev–Trinajstić information content (AvgIpc) is 3.21. The van der Waals surface area contributed by atoms with E-state index in [0.29, 0.717) is 30.4 Å². The van der Waals surface area contributed by atoms with Gasteiger partial charge in [0.2, 0.25) is 5.88 Å². The molecule has 1 aliphatic heterocycles. The van der Waals surface area contributed by atoms with Crippen LogP contribution in [0.15, 0.2) is 46.4 Å². The van der Waals surface area contributed by atoms with Crippen LogP contribution in [0.1, 0.15) is 60.2 Å². The van der Waals surface area contributed by atoms with E-state index in [1.54, 1.807) is 13.0 Å². The molecule has 2 heterocycles. The van der Waals surface area contributed by atoms with Crippen molar-refractivity contribution in [1.82, 2.24) is 10.2 Å². The van der Waals surface area contributed by atoms with Crippen molar-refractivity contribution in [2.24, 2.45) is 5.41 Å². The second-order valence-electron chi connectivity index (χ2n) is 8.77. The molecule has 8 nitrogen and oxygen atoms in total. The highest BCUT2D eigenvalue weighted by atomic mass is 32.2. The second kappa shape index (κ2) is 8.25. The Kier molecular flexibility index (Phi) is 5.86. The smallest absolute Gasteiger partial charge is 0.340 e. The standard InChI is InChI=1S/C23H26N2O6S2/c1-4-23(3)11-9-16(10-12-23)33(29,30)31-22-19(14-24-25-22)21(26)18-7-8-20-17(15(18)2)6-5-13-32(20,27)28/h7-11,14H,4-6,12-13H2,1-3H3,(H,24,25). The molecule has 1 aromatic heterocycles. The molecule has 2 aliphatic rings. The van der Waals surface area contributed by atoms with Crippen molar-refractivity contribution in [3.63, 3.8) is 0 Å². The van der Waals surface area contributed by atoms with Crippen molar-refractivity contribution >= 4 is 25.7 Å². The van der Waals surface area contributed by atoms with Crippen molar-refractivity contribution in [2.75, 3.05) is 5.75 Å². The summed E-state index contributed by atoms with van der Waals surface area (Å²) in [6.07, 6.45) is 8.68. The molecule has 0 radical (unpaired) electrons. The van der Waals surface area contributed by atoms with Crippen LogP contribution in [0.2, 0.25) is 0 Å². The van der Waals surface area contributed by atoms with Crippen molar-refractivity contribution in [1.29, 1.82) is 0 Å². The summed E-state index contributed by atoms with van der Waals surface area (Å²) in [6.45, 7) is 5.78. The van der Waals surface area contributed by atoms with Gasteiger partial charge in [-0.05, 0) is 67.4 Å². The Morgan fingerprint density at radius 1 is 1.27 bits per heavy atom. The normalized spacial score (nSPS) is 21.8. The maximum Gasteiger partial charge on any atom is 0.340 e. The first-order chi connectivity index (χ1) is 15.5. The van der Waals surface area contributed by atoms with Gasteiger partial charge >= 0.3 is 10.1 Å². The minimum absolute atomic E-state index is 0.0246. The van der Waals surface area contributed by atoms with E-state index in [-0.39, 0.29) is 38.0 Å². The summed E-state index contributed by atoms with van der Waals surface area (Å²) in [7, 11) is -7.53. The summed E-state index contributed by atoms with van der Waals surface area (Å²) in [6, 6.07) is 2.91. The van der Waals surface area contributed by atoms with Gasteiger partial charge < -0.3 is 4.18 Å². The van der Waals surface area contributed by atoms with Gasteiger partial charge in [0.05, 0.1) is 16.8 Å². The summed E-state index contributed by atoms with van der Waals surface area (Å²) in [5.41, 5.74) is 1.32. The summed E-state index contributed by atoms with van der Waals surface area (Å²) in [4.78, 5) is 13.5. The number of ketones is 1. The van der Waals surface area contributed by atoms with Gasteiger partial charge in [-0.3, -0.25) is 4.79 Å². The largest absolute Gasteiger partial charge is 0.358 e. The van der Waals surface area contributed by atoms with Crippen molar-refractivity contribution in [3.05, 3.63) is 63.7 Å². The fraction of sp³-hybridized carbons (Fsp3) is 0.391. The summed E-state index contributed by atoms with van der Waals surface area (Å²) in [5, 5.41) is 6.26. The molecule has 4 rings (SSSR count). The molecule has 0 amide bonds. The molecule has 1 N–H and O–H groups in total. The highest BCUT2D eigenvalue weighted by Gasteiger charge is 2.31. The number of fused-ring (bicyclic) bond motifs is 1. The van der Waals surface area contributed by atoms with Crippen LogP contribution in [0, 0.1) is 12.3 Å². The Labute approximate surface area is 193 Å². The number of benzene rings is 1. The van der Waals surface area contributed by atoms with Crippen LogP contribution in [0.4, 0.5) is 0 Å². The van der Waals surface area contributed by atoms with Crippen molar-refractivity contribution in [2.45, 2.75) is 51.3 Å². The van der Waals surface area contributed by atoms with Gasteiger partial charge in [-0.25, -0.2) is 13.5 Å². The lowest BCUT2D eigenvalue weighted by Gasteiger charge is -2.25.